The fourth-order valence-corrected chi connectivity index (χ4v) is 1.44. The van der Waals surface area contributed by atoms with Crippen LogP contribution in [0.2, 0.25) is 0 Å². The molecule has 0 saturated heterocycles. The molecule has 1 heterocycles. The summed E-state index contributed by atoms with van der Waals surface area (Å²) in [5.74, 6) is -1.63. The van der Waals surface area contributed by atoms with Crippen molar-refractivity contribution in [1.29, 1.82) is 0 Å². The molecular weight excluding hydrogens is 205 g/mol. The van der Waals surface area contributed by atoms with Crippen molar-refractivity contribution >= 4 is 23.3 Å². The third kappa shape index (κ3) is 2.65. The first-order valence-electron chi connectivity index (χ1n) is 3.88. The highest BCUT2D eigenvalue weighted by Crippen LogP contribution is 2.15. The van der Waals surface area contributed by atoms with E-state index in [0.29, 0.717) is 4.88 Å². The van der Waals surface area contributed by atoms with Crippen molar-refractivity contribution < 1.29 is 14.0 Å². The van der Waals surface area contributed by atoms with Gasteiger partial charge in [-0.3, -0.25) is 9.63 Å². The predicted molar refractivity (Wildman–Crippen MR) is 53.2 cm³/mol. The second-order valence-electron chi connectivity index (χ2n) is 2.49. The summed E-state index contributed by atoms with van der Waals surface area (Å²) < 4.78 is 13.2. The molecule has 0 atom stereocenters. The number of hydrogen-bond donors (Lipinski definition) is 0. The number of hydrogen-bond acceptors (Lipinski definition) is 3. The maximum absolute atomic E-state index is 13.2. The van der Waals surface area contributed by atoms with Crippen LogP contribution in [0.25, 0.3) is 6.08 Å². The molecule has 0 bridgehead atoms. The Morgan fingerprint density at radius 3 is 2.93 bits per heavy atom. The number of carbonyl (C=O) groups excluding carboxylic acids is 1. The van der Waals surface area contributed by atoms with E-state index >= 15 is 0 Å². The van der Waals surface area contributed by atoms with Crippen molar-refractivity contribution in [3.8, 4) is 0 Å². The van der Waals surface area contributed by atoms with Gasteiger partial charge in [0.25, 0.3) is 0 Å². The van der Waals surface area contributed by atoms with Crippen LogP contribution in [0.1, 0.15) is 4.88 Å². The second-order valence-corrected chi connectivity index (χ2v) is 3.47. The molecule has 14 heavy (non-hydrogen) atoms. The SMILES string of the molecule is CON(C)C(=O)/C(F)=C\c1cccs1. The normalized spacial score (nSPS) is 11.5. The number of carbonyl (C=O) groups is 1. The lowest BCUT2D eigenvalue weighted by Gasteiger charge is -2.11. The Labute approximate surface area is 85.4 Å². The summed E-state index contributed by atoms with van der Waals surface area (Å²) in [7, 11) is 2.65. The van der Waals surface area contributed by atoms with E-state index in [0.717, 1.165) is 5.06 Å². The maximum atomic E-state index is 13.2. The van der Waals surface area contributed by atoms with Crippen LogP contribution in [-0.4, -0.2) is 25.1 Å². The second kappa shape index (κ2) is 4.88. The summed E-state index contributed by atoms with van der Waals surface area (Å²) in [6, 6.07) is 3.51. The van der Waals surface area contributed by atoms with Crippen LogP contribution >= 0.6 is 11.3 Å². The van der Waals surface area contributed by atoms with Crippen molar-refractivity contribution in [3.63, 3.8) is 0 Å². The maximum Gasteiger partial charge on any atom is 0.305 e. The van der Waals surface area contributed by atoms with Crippen LogP contribution in [-0.2, 0) is 9.63 Å². The van der Waals surface area contributed by atoms with Crippen molar-refractivity contribution in [2.75, 3.05) is 14.2 Å². The molecular formula is C9H10FNO2S. The summed E-state index contributed by atoms with van der Waals surface area (Å²) in [6.45, 7) is 0. The van der Waals surface area contributed by atoms with E-state index in [1.54, 1.807) is 12.1 Å². The number of rotatable bonds is 3. The Balaban J connectivity index is 2.74. The molecule has 0 aliphatic carbocycles. The van der Waals surface area contributed by atoms with E-state index in [9.17, 15) is 9.18 Å². The molecule has 1 amide bonds. The molecule has 1 rings (SSSR count). The smallest absolute Gasteiger partial charge is 0.274 e. The van der Waals surface area contributed by atoms with Gasteiger partial charge in [0, 0.05) is 11.9 Å². The van der Waals surface area contributed by atoms with Crippen LogP contribution < -0.4 is 0 Å². The van der Waals surface area contributed by atoms with Crippen LogP contribution in [0.5, 0.6) is 0 Å². The molecule has 1 aromatic heterocycles. The molecule has 0 N–H and O–H groups in total. The number of halogens is 1. The third-order valence-corrected chi connectivity index (χ3v) is 2.40. The summed E-state index contributed by atoms with van der Waals surface area (Å²) in [4.78, 5) is 16.4. The van der Waals surface area contributed by atoms with E-state index in [4.69, 9.17) is 0 Å². The lowest BCUT2D eigenvalue weighted by atomic mass is 10.4. The van der Waals surface area contributed by atoms with Crippen LogP contribution in [0.4, 0.5) is 4.39 Å². The molecule has 0 saturated carbocycles. The summed E-state index contributed by atoms with van der Waals surface area (Å²) in [6.07, 6.45) is 1.18. The van der Waals surface area contributed by atoms with E-state index < -0.39 is 11.7 Å². The molecule has 0 aromatic carbocycles. The number of hydroxylamine groups is 2. The van der Waals surface area contributed by atoms with Gasteiger partial charge in [0.05, 0.1) is 7.11 Å². The summed E-state index contributed by atoms with van der Waals surface area (Å²) in [5, 5.41) is 2.64. The van der Waals surface area contributed by atoms with Gasteiger partial charge in [-0.2, -0.15) is 0 Å². The molecule has 1 aromatic rings. The number of amides is 1. The quantitative estimate of drug-likeness (QED) is 0.570. The summed E-state index contributed by atoms with van der Waals surface area (Å²) in [5.41, 5.74) is 0. The van der Waals surface area contributed by atoms with Gasteiger partial charge in [-0.1, -0.05) is 6.07 Å². The van der Waals surface area contributed by atoms with Gasteiger partial charge in [-0.05, 0) is 17.5 Å². The largest absolute Gasteiger partial charge is 0.305 e. The standard InChI is InChI=1S/C9H10FNO2S/c1-11(13-2)9(12)8(10)6-7-4-3-5-14-7/h3-6H,1-2H3/b8-6+. The molecule has 0 aliphatic rings. The highest BCUT2D eigenvalue weighted by molar-refractivity contribution is 7.10. The molecule has 0 unspecified atom stereocenters. The predicted octanol–water partition coefficient (Wildman–Crippen LogP) is 2.08. The highest BCUT2D eigenvalue weighted by atomic mass is 32.1. The van der Waals surface area contributed by atoms with E-state index in [2.05, 4.69) is 4.84 Å². The minimum Gasteiger partial charge on any atom is -0.274 e. The Bertz CT molecular complexity index is 335. The van der Waals surface area contributed by atoms with Crippen molar-refractivity contribution in [3.05, 3.63) is 28.2 Å². The zero-order valence-electron chi connectivity index (χ0n) is 7.86. The van der Waals surface area contributed by atoms with Crippen molar-refractivity contribution in [2.45, 2.75) is 0 Å². The Morgan fingerprint density at radius 2 is 2.43 bits per heavy atom. The van der Waals surface area contributed by atoms with Gasteiger partial charge in [0.2, 0.25) is 0 Å². The molecule has 5 heteroatoms. The molecule has 3 nitrogen and oxygen atoms in total. The average Bonchev–Trinajstić information content (AvgIpc) is 2.68. The number of thiophene rings is 1. The zero-order chi connectivity index (χ0) is 10.6. The zero-order valence-corrected chi connectivity index (χ0v) is 8.68. The summed E-state index contributed by atoms with van der Waals surface area (Å²) >= 11 is 1.36. The van der Waals surface area contributed by atoms with Crippen LogP contribution in [0, 0.1) is 0 Å². The van der Waals surface area contributed by atoms with Gasteiger partial charge in [-0.15, -0.1) is 11.3 Å². The first-order chi connectivity index (χ1) is 6.65. The van der Waals surface area contributed by atoms with Crippen molar-refractivity contribution in [2.24, 2.45) is 0 Å². The minimum absolute atomic E-state index is 0.695. The van der Waals surface area contributed by atoms with E-state index in [1.807, 2.05) is 5.38 Å². The minimum atomic E-state index is -0.836. The average molecular weight is 215 g/mol. The highest BCUT2D eigenvalue weighted by Gasteiger charge is 2.14. The van der Waals surface area contributed by atoms with Crippen molar-refractivity contribution in [1.82, 2.24) is 5.06 Å². The molecule has 0 aliphatic heterocycles. The fraction of sp³-hybridized carbons (Fsp3) is 0.222. The lowest BCUT2D eigenvalue weighted by Crippen LogP contribution is -2.25. The van der Waals surface area contributed by atoms with Crippen LogP contribution in [0.15, 0.2) is 23.3 Å². The molecule has 76 valence electrons. The Kier molecular flexibility index (Phi) is 3.79. The first kappa shape index (κ1) is 10.9. The van der Waals surface area contributed by atoms with E-state index in [1.165, 1.54) is 31.6 Å². The van der Waals surface area contributed by atoms with Gasteiger partial charge >= 0.3 is 5.91 Å². The Hall–Kier alpha value is -1.20. The van der Waals surface area contributed by atoms with Gasteiger partial charge in [0.1, 0.15) is 0 Å². The Morgan fingerprint density at radius 1 is 1.71 bits per heavy atom. The van der Waals surface area contributed by atoms with Gasteiger partial charge in [0.15, 0.2) is 5.83 Å². The van der Waals surface area contributed by atoms with Gasteiger partial charge in [-0.25, -0.2) is 9.45 Å². The lowest BCUT2D eigenvalue weighted by molar-refractivity contribution is -0.165. The fourth-order valence-electron chi connectivity index (χ4n) is 0.793. The first-order valence-corrected chi connectivity index (χ1v) is 4.76. The number of likely N-dealkylation sites (N-methyl/N-ethyl adjacent to an activating group) is 1. The molecule has 0 radical (unpaired) electrons. The van der Waals surface area contributed by atoms with Gasteiger partial charge < -0.3 is 0 Å². The monoisotopic (exact) mass is 215 g/mol. The van der Waals surface area contributed by atoms with E-state index in [-0.39, 0.29) is 0 Å². The molecule has 0 spiro atoms. The third-order valence-electron chi connectivity index (χ3n) is 1.58. The number of nitrogens with zero attached hydrogens (tertiary/aromatic N) is 1. The van der Waals surface area contributed by atoms with Crippen LogP contribution in [0.3, 0.4) is 0 Å². The topological polar surface area (TPSA) is 29.5 Å². The molecule has 0 fully saturated rings.